The van der Waals surface area contributed by atoms with Crippen molar-refractivity contribution in [1.82, 2.24) is 10.2 Å². The van der Waals surface area contributed by atoms with Gasteiger partial charge in [0.15, 0.2) is 5.76 Å². The molecule has 0 saturated carbocycles. The fourth-order valence-corrected chi connectivity index (χ4v) is 2.28. The van der Waals surface area contributed by atoms with E-state index in [1.165, 1.54) is 6.92 Å². The van der Waals surface area contributed by atoms with Crippen LogP contribution in [0.4, 0.5) is 0 Å². The summed E-state index contributed by atoms with van der Waals surface area (Å²) < 4.78 is 5.61. The summed E-state index contributed by atoms with van der Waals surface area (Å²) in [4.78, 5) is 25.0. The van der Waals surface area contributed by atoms with E-state index >= 15 is 0 Å². The normalized spacial score (nSPS) is 13.9. The molecule has 1 amide bonds. The van der Waals surface area contributed by atoms with Crippen LogP contribution in [0.2, 0.25) is 0 Å². The molecule has 0 saturated heterocycles. The van der Waals surface area contributed by atoms with Gasteiger partial charge < -0.3 is 14.8 Å². The minimum absolute atomic E-state index is 0.0818. The second-order valence-electron chi connectivity index (χ2n) is 5.45. The Kier molecular flexibility index (Phi) is 7.11. The number of rotatable bonds is 9. The van der Waals surface area contributed by atoms with Crippen molar-refractivity contribution in [3.63, 3.8) is 0 Å². The number of carbonyl (C=O) groups excluding carboxylic acids is 1. The van der Waals surface area contributed by atoms with Crippen molar-refractivity contribution < 1.29 is 19.1 Å². The first kappa shape index (κ1) is 18.2. The number of furan rings is 1. The van der Waals surface area contributed by atoms with Gasteiger partial charge >= 0.3 is 5.97 Å². The standard InChI is InChI=1S/C16H26N2O4/c1-5-9-18(10-6-2)12(4)13-7-8-14(22-13)15(19)17-11(3)16(20)21/h7-8,11-12H,5-6,9-10H2,1-4H3,(H,17,19)(H,20,21). The molecular weight excluding hydrogens is 284 g/mol. The van der Waals surface area contributed by atoms with Crippen LogP contribution in [0, 0.1) is 0 Å². The molecule has 2 unspecified atom stereocenters. The summed E-state index contributed by atoms with van der Waals surface area (Å²) in [5, 5.41) is 11.2. The largest absolute Gasteiger partial charge is 0.480 e. The van der Waals surface area contributed by atoms with Gasteiger partial charge in [-0.15, -0.1) is 0 Å². The van der Waals surface area contributed by atoms with Gasteiger partial charge in [-0.1, -0.05) is 13.8 Å². The lowest BCUT2D eigenvalue weighted by Gasteiger charge is -2.26. The van der Waals surface area contributed by atoms with Crippen molar-refractivity contribution >= 4 is 11.9 Å². The van der Waals surface area contributed by atoms with Crippen molar-refractivity contribution in [2.45, 2.75) is 52.6 Å². The molecule has 1 heterocycles. The Balaban J connectivity index is 2.77. The van der Waals surface area contributed by atoms with Crippen LogP contribution in [0.15, 0.2) is 16.5 Å². The van der Waals surface area contributed by atoms with Gasteiger partial charge in [0.05, 0.1) is 6.04 Å². The Morgan fingerprint density at radius 1 is 1.23 bits per heavy atom. The highest BCUT2D eigenvalue weighted by Crippen LogP contribution is 2.23. The van der Waals surface area contributed by atoms with Crippen LogP contribution in [0.5, 0.6) is 0 Å². The monoisotopic (exact) mass is 310 g/mol. The second kappa shape index (κ2) is 8.58. The van der Waals surface area contributed by atoms with Gasteiger partial charge in [0.1, 0.15) is 11.8 Å². The summed E-state index contributed by atoms with van der Waals surface area (Å²) in [5.74, 6) is -0.727. The molecule has 0 radical (unpaired) electrons. The van der Waals surface area contributed by atoms with E-state index in [4.69, 9.17) is 9.52 Å². The number of carbonyl (C=O) groups is 2. The van der Waals surface area contributed by atoms with Gasteiger partial charge in [-0.25, -0.2) is 0 Å². The molecule has 0 aromatic carbocycles. The van der Waals surface area contributed by atoms with Crippen molar-refractivity contribution in [1.29, 1.82) is 0 Å². The number of carboxylic acid groups (broad SMARTS) is 1. The van der Waals surface area contributed by atoms with Gasteiger partial charge in [-0.05, 0) is 51.9 Å². The molecule has 1 rings (SSSR count). The molecule has 0 fully saturated rings. The van der Waals surface area contributed by atoms with E-state index in [1.807, 2.05) is 6.92 Å². The number of aliphatic carboxylic acids is 1. The molecular formula is C16H26N2O4. The number of nitrogens with zero attached hydrogens (tertiary/aromatic N) is 1. The molecule has 0 spiro atoms. The van der Waals surface area contributed by atoms with Crippen molar-refractivity contribution in [3.8, 4) is 0 Å². The van der Waals surface area contributed by atoms with Gasteiger partial charge in [0.2, 0.25) is 0 Å². The minimum atomic E-state index is -1.08. The van der Waals surface area contributed by atoms with Crippen LogP contribution >= 0.6 is 0 Å². The molecule has 6 nitrogen and oxygen atoms in total. The summed E-state index contributed by atoms with van der Waals surface area (Å²) in [6.07, 6.45) is 2.10. The van der Waals surface area contributed by atoms with Crippen LogP contribution < -0.4 is 5.32 Å². The molecule has 124 valence electrons. The molecule has 1 aromatic rings. The maximum Gasteiger partial charge on any atom is 0.325 e. The molecule has 0 bridgehead atoms. The van der Waals surface area contributed by atoms with E-state index in [0.29, 0.717) is 0 Å². The third kappa shape index (κ3) is 4.87. The Hall–Kier alpha value is -1.82. The molecule has 1 aromatic heterocycles. The fourth-order valence-electron chi connectivity index (χ4n) is 2.28. The molecule has 22 heavy (non-hydrogen) atoms. The number of amides is 1. The summed E-state index contributed by atoms with van der Waals surface area (Å²) in [6.45, 7) is 9.65. The van der Waals surface area contributed by atoms with Crippen LogP contribution in [-0.2, 0) is 4.79 Å². The van der Waals surface area contributed by atoms with Gasteiger partial charge in [-0.3, -0.25) is 14.5 Å². The second-order valence-corrected chi connectivity index (χ2v) is 5.45. The highest BCUT2D eigenvalue weighted by molar-refractivity contribution is 5.94. The van der Waals surface area contributed by atoms with Crippen LogP contribution in [0.1, 0.15) is 62.9 Å². The SMILES string of the molecule is CCCN(CCC)C(C)c1ccc(C(=O)NC(C)C(=O)O)o1. The van der Waals surface area contributed by atoms with Crippen molar-refractivity contribution in [3.05, 3.63) is 23.7 Å². The number of carboxylic acids is 1. The first-order valence-corrected chi connectivity index (χ1v) is 7.78. The zero-order chi connectivity index (χ0) is 16.7. The Morgan fingerprint density at radius 2 is 1.82 bits per heavy atom. The highest BCUT2D eigenvalue weighted by Gasteiger charge is 2.21. The summed E-state index contributed by atoms with van der Waals surface area (Å²) >= 11 is 0. The van der Waals surface area contributed by atoms with Crippen LogP contribution in [0.25, 0.3) is 0 Å². The quantitative estimate of drug-likeness (QED) is 0.732. The van der Waals surface area contributed by atoms with Crippen molar-refractivity contribution in [2.75, 3.05) is 13.1 Å². The molecule has 2 N–H and O–H groups in total. The summed E-state index contributed by atoms with van der Waals surface area (Å²) in [5.41, 5.74) is 0. The highest BCUT2D eigenvalue weighted by atomic mass is 16.4. The van der Waals surface area contributed by atoms with E-state index in [0.717, 1.165) is 31.7 Å². The Bertz CT molecular complexity index is 492. The van der Waals surface area contributed by atoms with Crippen LogP contribution in [0.3, 0.4) is 0 Å². The predicted octanol–water partition coefficient (Wildman–Crippen LogP) is 2.67. The Labute approximate surface area is 131 Å². The minimum Gasteiger partial charge on any atom is -0.480 e. The maximum atomic E-state index is 11.9. The lowest BCUT2D eigenvalue weighted by molar-refractivity contribution is -0.138. The van der Waals surface area contributed by atoms with E-state index in [2.05, 4.69) is 24.1 Å². The third-order valence-electron chi connectivity index (χ3n) is 3.55. The van der Waals surface area contributed by atoms with Crippen molar-refractivity contribution in [2.24, 2.45) is 0 Å². The topological polar surface area (TPSA) is 82.8 Å². The van der Waals surface area contributed by atoms with Gasteiger partial charge in [0.25, 0.3) is 5.91 Å². The first-order chi connectivity index (χ1) is 10.4. The number of hydrogen-bond acceptors (Lipinski definition) is 4. The van der Waals surface area contributed by atoms with E-state index < -0.39 is 17.9 Å². The maximum absolute atomic E-state index is 11.9. The van der Waals surface area contributed by atoms with E-state index in [9.17, 15) is 9.59 Å². The average molecular weight is 310 g/mol. The number of hydrogen-bond donors (Lipinski definition) is 2. The zero-order valence-corrected chi connectivity index (χ0v) is 13.8. The average Bonchev–Trinajstić information content (AvgIpc) is 2.96. The summed E-state index contributed by atoms with van der Waals surface area (Å²) in [6, 6.07) is 2.50. The van der Waals surface area contributed by atoms with Gasteiger partial charge in [-0.2, -0.15) is 0 Å². The lowest BCUT2D eigenvalue weighted by Crippen LogP contribution is -2.38. The molecule has 0 aliphatic rings. The zero-order valence-electron chi connectivity index (χ0n) is 13.8. The number of nitrogens with one attached hydrogen (secondary N) is 1. The third-order valence-corrected chi connectivity index (χ3v) is 3.55. The predicted molar refractivity (Wildman–Crippen MR) is 83.8 cm³/mol. The van der Waals surface area contributed by atoms with Crippen LogP contribution in [-0.4, -0.2) is 41.0 Å². The van der Waals surface area contributed by atoms with E-state index in [-0.39, 0.29) is 11.8 Å². The molecule has 2 atom stereocenters. The fraction of sp³-hybridized carbons (Fsp3) is 0.625. The molecule has 6 heteroatoms. The van der Waals surface area contributed by atoms with E-state index in [1.54, 1.807) is 12.1 Å². The van der Waals surface area contributed by atoms with Gasteiger partial charge in [0, 0.05) is 0 Å². The summed E-state index contributed by atoms with van der Waals surface area (Å²) in [7, 11) is 0. The molecule has 0 aliphatic heterocycles. The first-order valence-electron chi connectivity index (χ1n) is 7.78. The lowest BCUT2D eigenvalue weighted by atomic mass is 10.2. The molecule has 0 aliphatic carbocycles. The smallest absolute Gasteiger partial charge is 0.325 e. The Morgan fingerprint density at radius 3 is 2.32 bits per heavy atom.